The summed E-state index contributed by atoms with van der Waals surface area (Å²) in [6, 6.07) is -0.387. The molecule has 0 aromatic carbocycles. The van der Waals surface area contributed by atoms with Crippen LogP contribution in [0.3, 0.4) is 0 Å². The predicted molar refractivity (Wildman–Crippen MR) is 58.4 cm³/mol. The summed E-state index contributed by atoms with van der Waals surface area (Å²) in [6.07, 6.45) is 2.03. The average molecular weight is 241 g/mol. The number of rotatable bonds is 6. The van der Waals surface area contributed by atoms with Gasteiger partial charge in [0.2, 0.25) is 0 Å². The summed E-state index contributed by atoms with van der Waals surface area (Å²) >= 11 is 0. The van der Waals surface area contributed by atoms with E-state index < -0.39 is 5.97 Å². The van der Waals surface area contributed by atoms with Gasteiger partial charge in [-0.15, -0.1) is 0 Å². The maximum absolute atomic E-state index is 11.2. The molecule has 94 valence electrons. The Hall–Kier alpha value is -2.12. The highest BCUT2D eigenvalue weighted by Gasteiger charge is 2.03. The van der Waals surface area contributed by atoms with Gasteiger partial charge < -0.3 is 15.7 Å². The molecule has 0 radical (unpaired) electrons. The summed E-state index contributed by atoms with van der Waals surface area (Å²) in [5.74, 6) is -0.290. The molecule has 1 aromatic rings. The first-order valence-electron chi connectivity index (χ1n) is 5.16. The number of carboxylic acids is 1. The molecule has 0 aliphatic carbocycles. The number of urea groups is 1. The molecule has 3 N–H and O–H groups in total. The normalized spacial score (nSPS) is 9.94. The third-order valence-corrected chi connectivity index (χ3v) is 1.91. The maximum atomic E-state index is 11.2. The van der Waals surface area contributed by atoms with Crippen molar-refractivity contribution >= 4 is 12.0 Å². The van der Waals surface area contributed by atoms with Gasteiger partial charge in [0.1, 0.15) is 6.33 Å². The molecule has 0 spiro atoms. The number of hydrogen-bond donors (Lipinski definition) is 3. The minimum atomic E-state index is -0.942. The summed E-state index contributed by atoms with van der Waals surface area (Å²) in [4.78, 5) is 25.4. The molecule has 0 atom stereocenters. The molecular weight excluding hydrogens is 226 g/mol. The standard InChI is InChI=1S/C9H15N5O3/c1-14-6-12-7(13-14)2-4-10-9(17)11-5-3-8(15)16/h6H,2-5H2,1H3,(H,15,16)(H2,10,11,17). The fourth-order valence-corrected chi connectivity index (χ4v) is 1.13. The molecule has 8 heteroatoms. The predicted octanol–water partition coefficient (Wildman–Crippen LogP) is -0.868. The second kappa shape index (κ2) is 6.46. The Morgan fingerprint density at radius 3 is 2.71 bits per heavy atom. The van der Waals surface area contributed by atoms with Crippen molar-refractivity contribution in [3.05, 3.63) is 12.2 Å². The summed E-state index contributed by atoms with van der Waals surface area (Å²) in [6.45, 7) is 0.520. The molecule has 0 saturated heterocycles. The van der Waals surface area contributed by atoms with Gasteiger partial charge in [-0.1, -0.05) is 0 Å². The van der Waals surface area contributed by atoms with Crippen LogP contribution in [0.2, 0.25) is 0 Å². The maximum Gasteiger partial charge on any atom is 0.314 e. The molecule has 1 aromatic heterocycles. The number of aryl methyl sites for hydroxylation is 1. The first-order valence-corrected chi connectivity index (χ1v) is 5.16. The van der Waals surface area contributed by atoms with Crippen LogP contribution in [-0.4, -0.2) is 45.0 Å². The van der Waals surface area contributed by atoms with Crippen LogP contribution in [0, 0.1) is 0 Å². The van der Waals surface area contributed by atoms with Crippen molar-refractivity contribution in [2.24, 2.45) is 7.05 Å². The number of aliphatic carboxylic acids is 1. The molecule has 17 heavy (non-hydrogen) atoms. The van der Waals surface area contributed by atoms with Crippen molar-refractivity contribution in [3.8, 4) is 0 Å². The zero-order valence-electron chi connectivity index (χ0n) is 9.51. The molecule has 0 saturated carbocycles. The first kappa shape index (κ1) is 12.9. The smallest absolute Gasteiger partial charge is 0.314 e. The monoisotopic (exact) mass is 241 g/mol. The Labute approximate surface area is 98.0 Å². The SMILES string of the molecule is Cn1cnc(CCNC(=O)NCCC(=O)O)n1. The van der Waals surface area contributed by atoms with Gasteiger partial charge in [0.05, 0.1) is 6.42 Å². The largest absolute Gasteiger partial charge is 0.481 e. The van der Waals surface area contributed by atoms with E-state index in [4.69, 9.17) is 5.11 Å². The molecule has 1 heterocycles. The highest BCUT2D eigenvalue weighted by Crippen LogP contribution is 1.87. The Bertz CT molecular complexity index is 390. The van der Waals surface area contributed by atoms with E-state index in [-0.39, 0.29) is 19.0 Å². The van der Waals surface area contributed by atoms with Crippen molar-refractivity contribution in [3.63, 3.8) is 0 Å². The third-order valence-electron chi connectivity index (χ3n) is 1.91. The van der Waals surface area contributed by atoms with Crippen LogP contribution in [-0.2, 0) is 18.3 Å². The number of nitrogens with one attached hydrogen (secondary N) is 2. The number of aromatic nitrogens is 3. The number of carboxylic acid groups (broad SMARTS) is 1. The highest BCUT2D eigenvalue weighted by molar-refractivity contribution is 5.74. The summed E-state index contributed by atoms with van der Waals surface area (Å²) in [5.41, 5.74) is 0. The molecule has 0 fully saturated rings. The van der Waals surface area contributed by atoms with Crippen molar-refractivity contribution in [2.45, 2.75) is 12.8 Å². The van der Waals surface area contributed by atoms with Crippen LogP contribution in [0.5, 0.6) is 0 Å². The van der Waals surface area contributed by atoms with Crippen LogP contribution < -0.4 is 10.6 Å². The van der Waals surface area contributed by atoms with Gasteiger partial charge in [-0.05, 0) is 0 Å². The Morgan fingerprint density at radius 2 is 2.12 bits per heavy atom. The average Bonchev–Trinajstić information content (AvgIpc) is 2.63. The fourth-order valence-electron chi connectivity index (χ4n) is 1.13. The molecule has 0 aliphatic rings. The summed E-state index contributed by atoms with van der Waals surface area (Å²) in [5, 5.41) is 17.4. The second-order valence-electron chi connectivity index (χ2n) is 3.41. The van der Waals surface area contributed by atoms with Gasteiger partial charge in [0.25, 0.3) is 0 Å². The Balaban J connectivity index is 2.10. The van der Waals surface area contributed by atoms with Crippen molar-refractivity contribution in [1.29, 1.82) is 0 Å². The number of amides is 2. The summed E-state index contributed by atoms with van der Waals surface area (Å²) in [7, 11) is 1.77. The van der Waals surface area contributed by atoms with E-state index in [0.717, 1.165) is 0 Å². The van der Waals surface area contributed by atoms with Gasteiger partial charge in [-0.25, -0.2) is 9.78 Å². The number of carbonyl (C=O) groups excluding carboxylic acids is 1. The van der Waals surface area contributed by atoms with Crippen LogP contribution in [0.25, 0.3) is 0 Å². The zero-order valence-corrected chi connectivity index (χ0v) is 9.51. The number of hydrogen-bond acceptors (Lipinski definition) is 4. The topological polar surface area (TPSA) is 109 Å². The summed E-state index contributed by atoms with van der Waals surface area (Å²) < 4.78 is 1.59. The molecule has 1 rings (SSSR count). The molecular formula is C9H15N5O3. The van der Waals surface area contributed by atoms with Crippen LogP contribution in [0.4, 0.5) is 4.79 Å². The number of carbonyl (C=O) groups is 2. The van der Waals surface area contributed by atoms with E-state index in [1.807, 2.05) is 0 Å². The van der Waals surface area contributed by atoms with E-state index >= 15 is 0 Å². The quantitative estimate of drug-likeness (QED) is 0.600. The van der Waals surface area contributed by atoms with Crippen molar-refractivity contribution < 1.29 is 14.7 Å². The lowest BCUT2D eigenvalue weighted by Crippen LogP contribution is -2.37. The lowest BCUT2D eigenvalue weighted by Gasteiger charge is -2.04. The third kappa shape index (κ3) is 5.50. The van der Waals surface area contributed by atoms with Crippen LogP contribution >= 0.6 is 0 Å². The van der Waals surface area contributed by atoms with Gasteiger partial charge >= 0.3 is 12.0 Å². The molecule has 2 amide bonds. The van der Waals surface area contributed by atoms with Gasteiger partial charge in [-0.3, -0.25) is 9.48 Å². The molecule has 0 unspecified atom stereocenters. The van der Waals surface area contributed by atoms with Crippen LogP contribution in [0.1, 0.15) is 12.2 Å². The molecule has 0 bridgehead atoms. The first-order chi connectivity index (χ1) is 8.08. The fraction of sp³-hybridized carbons (Fsp3) is 0.556. The highest BCUT2D eigenvalue weighted by atomic mass is 16.4. The zero-order chi connectivity index (χ0) is 12.7. The van der Waals surface area contributed by atoms with Crippen molar-refractivity contribution in [1.82, 2.24) is 25.4 Å². The van der Waals surface area contributed by atoms with E-state index in [0.29, 0.717) is 18.8 Å². The molecule has 0 aliphatic heterocycles. The Morgan fingerprint density at radius 1 is 1.41 bits per heavy atom. The lowest BCUT2D eigenvalue weighted by molar-refractivity contribution is -0.136. The molecule has 8 nitrogen and oxygen atoms in total. The minimum Gasteiger partial charge on any atom is -0.481 e. The number of nitrogens with zero attached hydrogens (tertiary/aromatic N) is 3. The van der Waals surface area contributed by atoms with E-state index in [1.165, 1.54) is 0 Å². The Kier molecular flexibility index (Phi) is 4.92. The van der Waals surface area contributed by atoms with Crippen molar-refractivity contribution in [2.75, 3.05) is 13.1 Å². The van der Waals surface area contributed by atoms with Gasteiger partial charge in [0.15, 0.2) is 5.82 Å². The van der Waals surface area contributed by atoms with E-state index in [1.54, 1.807) is 18.1 Å². The second-order valence-corrected chi connectivity index (χ2v) is 3.41. The van der Waals surface area contributed by atoms with Gasteiger partial charge in [0, 0.05) is 26.6 Å². The lowest BCUT2D eigenvalue weighted by atomic mass is 10.4. The minimum absolute atomic E-state index is 0.0881. The van der Waals surface area contributed by atoms with Gasteiger partial charge in [-0.2, -0.15) is 5.10 Å². The van der Waals surface area contributed by atoms with E-state index in [2.05, 4.69) is 20.7 Å². The van der Waals surface area contributed by atoms with E-state index in [9.17, 15) is 9.59 Å². The van der Waals surface area contributed by atoms with Crippen LogP contribution in [0.15, 0.2) is 6.33 Å².